The van der Waals surface area contributed by atoms with E-state index in [4.69, 9.17) is 15.2 Å². The van der Waals surface area contributed by atoms with Crippen molar-refractivity contribution in [2.75, 3.05) is 40.1 Å². The molecule has 27 heavy (non-hydrogen) atoms. The molecule has 0 radical (unpaired) electrons. The molecule has 0 spiro atoms. The Kier molecular flexibility index (Phi) is 7.95. The maximum Gasteiger partial charge on any atom is 0.220 e. The molecule has 6 heteroatoms. The number of carbonyl (C=O) groups excluding carboxylic acids is 1. The number of carbonyl (C=O) groups is 1. The van der Waals surface area contributed by atoms with Crippen molar-refractivity contribution in [3.8, 4) is 11.5 Å². The molecule has 0 heterocycles. The van der Waals surface area contributed by atoms with Crippen LogP contribution in [0.2, 0.25) is 0 Å². The third-order valence-electron chi connectivity index (χ3n) is 4.34. The lowest BCUT2D eigenvalue weighted by molar-refractivity contribution is -0.121. The zero-order valence-electron chi connectivity index (χ0n) is 16.3. The summed E-state index contributed by atoms with van der Waals surface area (Å²) < 4.78 is 10.8. The molecule has 2 aromatic rings. The second-order valence-corrected chi connectivity index (χ2v) is 6.55. The highest BCUT2D eigenvalue weighted by Gasteiger charge is 2.15. The van der Waals surface area contributed by atoms with Crippen LogP contribution in [-0.4, -0.2) is 45.2 Å². The normalized spacial score (nSPS) is 11.9. The molecule has 0 aliphatic heterocycles. The minimum atomic E-state index is 0.0139. The second kappa shape index (κ2) is 10.4. The molecule has 1 amide bonds. The minimum Gasteiger partial charge on any atom is -0.497 e. The number of nitrogens with one attached hydrogen (secondary N) is 1. The number of anilines is 1. The van der Waals surface area contributed by atoms with E-state index in [-0.39, 0.29) is 11.9 Å². The van der Waals surface area contributed by atoms with Crippen LogP contribution in [0.25, 0.3) is 0 Å². The number of likely N-dealkylation sites (N-methyl/N-ethyl adjacent to an activating group) is 1. The number of benzene rings is 2. The van der Waals surface area contributed by atoms with E-state index in [9.17, 15) is 4.79 Å². The minimum absolute atomic E-state index is 0.0139. The lowest BCUT2D eigenvalue weighted by Gasteiger charge is -2.25. The van der Waals surface area contributed by atoms with Gasteiger partial charge in [-0.1, -0.05) is 24.3 Å². The SMILES string of the molecule is COc1ccc(C(CNC(=O)CCCOc2ccccc2N)N(C)C)cc1. The molecule has 0 aliphatic rings. The van der Waals surface area contributed by atoms with Gasteiger partial charge in [0.15, 0.2) is 0 Å². The molecular weight excluding hydrogens is 342 g/mol. The van der Waals surface area contributed by atoms with Crippen molar-refractivity contribution in [2.24, 2.45) is 0 Å². The van der Waals surface area contributed by atoms with Crippen LogP contribution < -0.4 is 20.5 Å². The first-order chi connectivity index (χ1) is 13.0. The number of nitrogens with zero attached hydrogens (tertiary/aromatic N) is 1. The molecule has 0 saturated carbocycles. The fourth-order valence-electron chi connectivity index (χ4n) is 2.75. The zero-order chi connectivity index (χ0) is 19.6. The summed E-state index contributed by atoms with van der Waals surface area (Å²) in [4.78, 5) is 14.2. The number of methoxy groups -OCH3 is 1. The average molecular weight is 371 g/mol. The Labute approximate surface area is 161 Å². The van der Waals surface area contributed by atoms with E-state index in [2.05, 4.69) is 10.2 Å². The van der Waals surface area contributed by atoms with Gasteiger partial charge in [0.25, 0.3) is 0 Å². The number of para-hydroxylation sites is 2. The summed E-state index contributed by atoms with van der Waals surface area (Å²) >= 11 is 0. The molecular formula is C21H29N3O3. The van der Waals surface area contributed by atoms with Gasteiger partial charge in [0, 0.05) is 13.0 Å². The van der Waals surface area contributed by atoms with E-state index in [1.807, 2.05) is 56.6 Å². The number of rotatable bonds is 10. The first-order valence-electron chi connectivity index (χ1n) is 9.05. The number of hydrogen-bond donors (Lipinski definition) is 2. The van der Waals surface area contributed by atoms with E-state index < -0.39 is 0 Å². The third kappa shape index (κ3) is 6.49. The lowest BCUT2D eigenvalue weighted by atomic mass is 10.1. The number of ether oxygens (including phenoxy) is 2. The van der Waals surface area contributed by atoms with E-state index in [0.717, 1.165) is 11.3 Å². The fourth-order valence-corrected chi connectivity index (χ4v) is 2.75. The number of nitrogens with two attached hydrogens (primary N) is 1. The van der Waals surface area contributed by atoms with Gasteiger partial charge >= 0.3 is 0 Å². The lowest BCUT2D eigenvalue weighted by Crippen LogP contribution is -2.34. The molecule has 3 N–H and O–H groups in total. The molecule has 1 atom stereocenters. The van der Waals surface area contributed by atoms with Gasteiger partial charge in [-0.2, -0.15) is 0 Å². The van der Waals surface area contributed by atoms with Crippen LogP contribution in [0.3, 0.4) is 0 Å². The van der Waals surface area contributed by atoms with Gasteiger partial charge in [0.05, 0.1) is 25.4 Å². The van der Waals surface area contributed by atoms with Crippen molar-refractivity contribution in [3.63, 3.8) is 0 Å². The largest absolute Gasteiger partial charge is 0.497 e. The standard InChI is InChI=1S/C21H29N3O3/c1-24(2)19(16-10-12-17(26-3)13-11-16)15-23-21(25)9-6-14-27-20-8-5-4-7-18(20)22/h4-5,7-8,10-13,19H,6,9,14-15,22H2,1-3H3,(H,23,25). The monoisotopic (exact) mass is 371 g/mol. The van der Waals surface area contributed by atoms with Crippen molar-refractivity contribution in [1.82, 2.24) is 10.2 Å². The summed E-state index contributed by atoms with van der Waals surface area (Å²) in [5.41, 5.74) is 7.56. The van der Waals surface area contributed by atoms with E-state index in [1.165, 1.54) is 0 Å². The van der Waals surface area contributed by atoms with Gasteiger partial charge in [-0.3, -0.25) is 4.79 Å². The van der Waals surface area contributed by atoms with Crippen LogP contribution in [0.15, 0.2) is 48.5 Å². The first kappa shape index (κ1) is 20.6. The molecule has 2 aromatic carbocycles. The maximum atomic E-state index is 12.2. The van der Waals surface area contributed by atoms with Crippen molar-refractivity contribution in [3.05, 3.63) is 54.1 Å². The fraction of sp³-hybridized carbons (Fsp3) is 0.381. The van der Waals surface area contributed by atoms with Crippen molar-refractivity contribution in [2.45, 2.75) is 18.9 Å². The molecule has 1 unspecified atom stereocenters. The predicted octanol–water partition coefficient (Wildman–Crippen LogP) is 2.86. The summed E-state index contributed by atoms with van der Waals surface area (Å²) in [5.74, 6) is 1.49. The topological polar surface area (TPSA) is 76.8 Å². The number of amides is 1. The maximum absolute atomic E-state index is 12.2. The van der Waals surface area contributed by atoms with Crippen LogP contribution in [0.1, 0.15) is 24.4 Å². The summed E-state index contributed by atoms with van der Waals surface area (Å²) in [6.45, 7) is 1.00. The van der Waals surface area contributed by atoms with Crippen molar-refractivity contribution >= 4 is 11.6 Å². The summed E-state index contributed by atoms with van der Waals surface area (Å²) in [7, 11) is 5.65. The van der Waals surface area contributed by atoms with Gasteiger partial charge in [-0.05, 0) is 50.3 Å². The van der Waals surface area contributed by atoms with Crippen LogP contribution in [0.5, 0.6) is 11.5 Å². The van der Waals surface area contributed by atoms with Crippen LogP contribution in [-0.2, 0) is 4.79 Å². The highest BCUT2D eigenvalue weighted by Crippen LogP contribution is 2.21. The van der Waals surface area contributed by atoms with Gasteiger partial charge in [-0.15, -0.1) is 0 Å². The Hall–Kier alpha value is -2.73. The predicted molar refractivity (Wildman–Crippen MR) is 108 cm³/mol. The highest BCUT2D eigenvalue weighted by molar-refractivity contribution is 5.75. The van der Waals surface area contributed by atoms with Crippen molar-refractivity contribution < 1.29 is 14.3 Å². The van der Waals surface area contributed by atoms with E-state index >= 15 is 0 Å². The van der Waals surface area contributed by atoms with E-state index in [1.54, 1.807) is 13.2 Å². The van der Waals surface area contributed by atoms with Crippen LogP contribution >= 0.6 is 0 Å². The van der Waals surface area contributed by atoms with Gasteiger partial charge < -0.3 is 25.4 Å². The number of hydrogen-bond acceptors (Lipinski definition) is 5. The Balaban J connectivity index is 1.75. The zero-order valence-corrected chi connectivity index (χ0v) is 16.3. The summed E-state index contributed by atoms with van der Waals surface area (Å²) in [6, 6.07) is 15.4. The molecule has 6 nitrogen and oxygen atoms in total. The Morgan fingerprint density at radius 3 is 2.48 bits per heavy atom. The van der Waals surface area contributed by atoms with E-state index in [0.29, 0.717) is 37.4 Å². The highest BCUT2D eigenvalue weighted by atomic mass is 16.5. The Bertz CT molecular complexity index is 717. The van der Waals surface area contributed by atoms with Crippen molar-refractivity contribution in [1.29, 1.82) is 0 Å². The average Bonchev–Trinajstić information content (AvgIpc) is 2.67. The second-order valence-electron chi connectivity index (χ2n) is 6.55. The first-order valence-corrected chi connectivity index (χ1v) is 9.05. The van der Waals surface area contributed by atoms with Crippen LogP contribution in [0, 0.1) is 0 Å². The molecule has 0 bridgehead atoms. The van der Waals surface area contributed by atoms with Gasteiger partial charge in [0.2, 0.25) is 5.91 Å². The summed E-state index contributed by atoms with van der Waals surface area (Å²) in [6.07, 6.45) is 1.05. The molecule has 0 fully saturated rings. The smallest absolute Gasteiger partial charge is 0.220 e. The molecule has 2 rings (SSSR count). The molecule has 0 aliphatic carbocycles. The molecule has 146 valence electrons. The number of nitrogen functional groups attached to an aromatic ring is 1. The van der Waals surface area contributed by atoms with Gasteiger partial charge in [-0.25, -0.2) is 0 Å². The van der Waals surface area contributed by atoms with Gasteiger partial charge in [0.1, 0.15) is 11.5 Å². The Morgan fingerprint density at radius 1 is 1.15 bits per heavy atom. The van der Waals surface area contributed by atoms with Crippen LogP contribution in [0.4, 0.5) is 5.69 Å². The Morgan fingerprint density at radius 2 is 1.85 bits per heavy atom. The quantitative estimate of drug-likeness (QED) is 0.496. The molecule has 0 aromatic heterocycles. The summed E-state index contributed by atoms with van der Waals surface area (Å²) in [5, 5.41) is 3.01. The third-order valence-corrected chi connectivity index (χ3v) is 4.34. The molecule has 0 saturated heterocycles.